The van der Waals surface area contributed by atoms with Gasteiger partial charge in [-0.05, 0) is 32.4 Å². The maximum atomic E-state index is 13.9. The monoisotopic (exact) mass is 351 g/mol. The number of hydrogen-bond donors (Lipinski definition) is 2. The first-order chi connectivity index (χ1) is 10.8. The van der Waals surface area contributed by atoms with Crippen LogP contribution in [-0.4, -0.2) is 28.8 Å². The number of alkyl halides is 3. The van der Waals surface area contributed by atoms with Gasteiger partial charge < -0.3 is 15.2 Å². The second-order valence-electron chi connectivity index (χ2n) is 6.02. The van der Waals surface area contributed by atoms with Crippen LogP contribution in [0.5, 0.6) is 0 Å². The Kier molecular flexibility index (Phi) is 5.80. The average Bonchev–Trinajstić information content (AvgIpc) is 2.36. The molecule has 0 aliphatic rings. The summed E-state index contributed by atoms with van der Waals surface area (Å²) < 4.78 is 56.8. The van der Waals surface area contributed by atoms with Crippen LogP contribution in [0.3, 0.4) is 0 Å². The summed E-state index contributed by atoms with van der Waals surface area (Å²) in [6.07, 6.45) is -6.64. The molecule has 0 fully saturated rings. The number of alkyl carbamates (subject to hydrolysis) is 1. The molecule has 0 heterocycles. The maximum Gasteiger partial charge on any atom is 0.419 e. The van der Waals surface area contributed by atoms with E-state index in [9.17, 15) is 27.2 Å². The van der Waals surface area contributed by atoms with Crippen molar-refractivity contribution in [2.45, 2.75) is 45.0 Å². The van der Waals surface area contributed by atoms with E-state index in [1.54, 1.807) is 20.8 Å². The van der Waals surface area contributed by atoms with Gasteiger partial charge in [-0.25, -0.2) is 14.0 Å². The minimum atomic E-state index is -4.91. The number of nitrogens with one attached hydrogen (secondary N) is 1. The standard InChI is InChI=1S/C15H17F4NO4/c1-14(2,3)24-13(23)20-10(12(21)22)7-8-5-4-6-9(11(8)16)15(17,18)19/h4-6,10H,7H2,1-3H3,(H,20,23)(H,21,22). The summed E-state index contributed by atoms with van der Waals surface area (Å²) in [6.45, 7) is 4.65. The molecule has 0 bridgehead atoms. The van der Waals surface area contributed by atoms with Gasteiger partial charge in [-0.1, -0.05) is 12.1 Å². The highest BCUT2D eigenvalue weighted by atomic mass is 19.4. The molecule has 24 heavy (non-hydrogen) atoms. The molecule has 1 rings (SSSR count). The van der Waals surface area contributed by atoms with Crippen molar-refractivity contribution < 1.29 is 37.0 Å². The van der Waals surface area contributed by atoms with Crippen LogP contribution in [0.1, 0.15) is 31.9 Å². The number of carbonyl (C=O) groups excluding carboxylic acids is 1. The SMILES string of the molecule is CC(C)(C)OC(=O)NC(Cc1cccc(C(F)(F)F)c1F)C(=O)O. The molecule has 0 aliphatic carbocycles. The lowest BCUT2D eigenvalue weighted by Gasteiger charge is -2.22. The Hall–Kier alpha value is -2.32. The number of amides is 1. The first kappa shape index (κ1) is 19.7. The number of ether oxygens (including phenoxy) is 1. The molecule has 1 aromatic rings. The normalized spacial score (nSPS) is 13.3. The number of halogens is 4. The zero-order valence-electron chi connectivity index (χ0n) is 13.2. The Morgan fingerprint density at radius 1 is 1.25 bits per heavy atom. The van der Waals surface area contributed by atoms with Crippen molar-refractivity contribution >= 4 is 12.1 Å². The smallest absolute Gasteiger partial charge is 0.419 e. The van der Waals surface area contributed by atoms with E-state index in [1.165, 1.54) is 0 Å². The van der Waals surface area contributed by atoms with Gasteiger partial charge in [0.2, 0.25) is 0 Å². The van der Waals surface area contributed by atoms with E-state index in [0.717, 1.165) is 12.1 Å². The van der Waals surface area contributed by atoms with E-state index < -0.39 is 53.2 Å². The van der Waals surface area contributed by atoms with Crippen molar-refractivity contribution in [1.82, 2.24) is 5.32 Å². The molecule has 1 unspecified atom stereocenters. The summed E-state index contributed by atoms with van der Waals surface area (Å²) in [5.41, 5.74) is -2.87. The summed E-state index contributed by atoms with van der Waals surface area (Å²) in [7, 11) is 0. The molecule has 1 atom stereocenters. The molecule has 134 valence electrons. The van der Waals surface area contributed by atoms with E-state index in [1.807, 2.05) is 5.32 Å². The maximum absolute atomic E-state index is 13.9. The van der Waals surface area contributed by atoms with Gasteiger partial charge in [0, 0.05) is 6.42 Å². The Morgan fingerprint density at radius 3 is 2.29 bits per heavy atom. The van der Waals surface area contributed by atoms with Crippen molar-refractivity contribution in [2.24, 2.45) is 0 Å². The van der Waals surface area contributed by atoms with Crippen molar-refractivity contribution in [2.75, 3.05) is 0 Å². The van der Waals surface area contributed by atoms with Gasteiger partial charge in [-0.15, -0.1) is 0 Å². The summed E-state index contributed by atoms with van der Waals surface area (Å²) in [4.78, 5) is 22.8. The fourth-order valence-corrected chi connectivity index (χ4v) is 1.83. The van der Waals surface area contributed by atoms with E-state index >= 15 is 0 Å². The molecule has 0 aliphatic heterocycles. The van der Waals surface area contributed by atoms with Crippen LogP contribution in [0.15, 0.2) is 18.2 Å². The van der Waals surface area contributed by atoms with Crippen LogP contribution < -0.4 is 5.32 Å². The van der Waals surface area contributed by atoms with Gasteiger partial charge in [0.15, 0.2) is 0 Å². The molecule has 1 amide bonds. The molecular weight excluding hydrogens is 334 g/mol. The van der Waals surface area contributed by atoms with E-state index in [2.05, 4.69) is 0 Å². The predicted octanol–water partition coefficient (Wildman–Crippen LogP) is 3.36. The second-order valence-corrected chi connectivity index (χ2v) is 6.02. The van der Waals surface area contributed by atoms with Crippen molar-refractivity contribution in [3.63, 3.8) is 0 Å². The fraction of sp³-hybridized carbons (Fsp3) is 0.467. The third kappa shape index (κ3) is 5.71. The van der Waals surface area contributed by atoms with Gasteiger partial charge in [0.25, 0.3) is 0 Å². The highest BCUT2D eigenvalue weighted by molar-refractivity contribution is 5.80. The highest BCUT2D eigenvalue weighted by Gasteiger charge is 2.35. The lowest BCUT2D eigenvalue weighted by atomic mass is 10.0. The number of carbonyl (C=O) groups is 2. The van der Waals surface area contributed by atoms with Gasteiger partial charge in [-0.2, -0.15) is 13.2 Å². The van der Waals surface area contributed by atoms with Crippen LogP contribution in [0.25, 0.3) is 0 Å². The van der Waals surface area contributed by atoms with Gasteiger partial charge >= 0.3 is 18.2 Å². The fourth-order valence-electron chi connectivity index (χ4n) is 1.83. The molecule has 0 spiro atoms. The molecule has 9 heteroatoms. The molecule has 0 saturated heterocycles. The Balaban J connectivity index is 2.98. The molecule has 0 aromatic heterocycles. The van der Waals surface area contributed by atoms with E-state index in [0.29, 0.717) is 6.07 Å². The average molecular weight is 351 g/mol. The number of hydrogen-bond acceptors (Lipinski definition) is 3. The summed E-state index contributed by atoms with van der Waals surface area (Å²) in [6, 6.07) is 0.902. The molecule has 5 nitrogen and oxygen atoms in total. The number of rotatable bonds is 4. The van der Waals surface area contributed by atoms with Crippen LogP contribution in [0.4, 0.5) is 22.4 Å². The van der Waals surface area contributed by atoms with E-state index in [4.69, 9.17) is 9.84 Å². The molecular formula is C15H17F4NO4. The summed E-state index contributed by atoms with van der Waals surface area (Å²) in [5.74, 6) is -3.10. The van der Waals surface area contributed by atoms with Crippen molar-refractivity contribution in [3.8, 4) is 0 Å². The topological polar surface area (TPSA) is 75.6 Å². The minimum Gasteiger partial charge on any atom is -0.480 e. The van der Waals surface area contributed by atoms with Crippen LogP contribution in [0.2, 0.25) is 0 Å². The number of carboxylic acid groups (broad SMARTS) is 1. The van der Waals surface area contributed by atoms with Gasteiger partial charge in [0.05, 0.1) is 5.56 Å². The minimum absolute atomic E-state index is 0.478. The first-order valence-electron chi connectivity index (χ1n) is 6.88. The zero-order chi connectivity index (χ0) is 18.7. The first-order valence-corrected chi connectivity index (χ1v) is 6.88. The zero-order valence-corrected chi connectivity index (χ0v) is 13.2. The molecule has 0 saturated carbocycles. The summed E-state index contributed by atoms with van der Waals surface area (Å²) in [5, 5.41) is 11.1. The second kappa shape index (κ2) is 7.06. The third-order valence-electron chi connectivity index (χ3n) is 2.80. The highest BCUT2D eigenvalue weighted by Crippen LogP contribution is 2.32. The number of carboxylic acids is 1. The van der Waals surface area contributed by atoms with Crippen LogP contribution >= 0.6 is 0 Å². The quantitative estimate of drug-likeness (QED) is 0.816. The number of aliphatic carboxylic acids is 1. The largest absolute Gasteiger partial charge is 0.480 e. The predicted molar refractivity (Wildman–Crippen MR) is 75.9 cm³/mol. The van der Waals surface area contributed by atoms with Crippen molar-refractivity contribution in [3.05, 3.63) is 35.1 Å². The van der Waals surface area contributed by atoms with Gasteiger partial charge in [-0.3, -0.25) is 0 Å². The van der Waals surface area contributed by atoms with Crippen LogP contribution in [-0.2, 0) is 22.1 Å². The summed E-state index contributed by atoms with van der Waals surface area (Å²) >= 11 is 0. The third-order valence-corrected chi connectivity index (χ3v) is 2.80. The van der Waals surface area contributed by atoms with Crippen LogP contribution in [0, 0.1) is 5.82 Å². The molecule has 1 aromatic carbocycles. The lowest BCUT2D eigenvalue weighted by Crippen LogP contribution is -2.44. The molecule has 2 N–H and O–H groups in total. The number of benzene rings is 1. The Bertz CT molecular complexity index is 623. The lowest BCUT2D eigenvalue weighted by molar-refractivity contribution is -0.140. The Labute approximate surface area is 135 Å². The van der Waals surface area contributed by atoms with Gasteiger partial charge in [0.1, 0.15) is 17.5 Å². The van der Waals surface area contributed by atoms with Crippen molar-refractivity contribution in [1.29, 1.82) is 0 Å². The molecule has 0 radical (unpaired) electrons. The Morgan fingerprint density at radius 2 is 1.83 bits per heavy atom. The van der Waals surface area contributed by atoms with E-state index in [-0.39, 0.29) is 0 Å².